The number of anilines is 1. The third-order valence-corrected chi connectivity index (χ3v) is 5.42. The van der Waals surface area contributed by atoms with Crippen LogP contribution in [0.1, 0.15) is 56.0 Å². The van der Waals surface area contributed by atoms with Crippen molar-refractivity contribution in [2.75, 3.05) is 31.8 Å². The lowest BCUT2D eigenvalue weighted by molar-refractivity contribution is -0.164. The number of amides is 1. The number of methoxy groups -OCH3 is 1. The normalized spacial score (nSPS) is 19.9. The highest BCUT2D eigenvalue weighted by molar-refractivity contribution is 6.04. The Bertz CT molecular complexity index is 766. The predicted molar refractivity (Wildman–Crippen MR) is 104 cm³/mol. The zero-order chi connectivity index (χ0) is 20.5. The zero-order valence-corrected chi connectivity index (χ0v) is 17.3. The summed E-state index contributed by atoms with van der Waals surface area (Å²) in [5, 5.41) is 0. The second kappa shape index (κ2) is 7.72. The fraction of sp³-hybridized carbons (Fsp3) is 0.619. The van der Waals surface area contributed by atoms with Crippen molar-refractivity contribution in [1.82, 2.24) is 0 Å². The maximum absolute atomic E-state index is 13.0. The monoisotopic (exact) mass is 391 g/mol. The Morgan fingerprint density at radius 2 is 1.93 bits per heavy atom. The molecule has 2 heterocycles. The van der Waals surface area contributed by atoms with Crippen molar-refractivity contribution in [2.24, 2.45) is 0 Å². The van der Waals surface area contributed by atoms with Crippen molar-refractivity contribution in [3.8, 4) is 5.75 Å². The van der Waals surface area contributed by atoms with E-state index >= 15 is 0 Å². The van der Waals surface area contributed by atoms with Crippen LogP contribution in [0, 0.1) is 6.92 Å². The molecule has 0 aliphatic carbocycles. The molecule has 1 aromatic carbocycles. The van der Waals surface area contributed by atoms with E-state index in [4.69, 9.17) is 18.9 Å². The SMILES string of the molecule is CCC1(CCCN2C(=O)C(C)(C)Oc3cc(C)c(C(=O)OC)cc32)OCCO1. The first-order chi connectivity index (χ1) is 13.2. The summed E-state index contributed by atoms with van der Waals surface area (Å²) >= 11 is 0. The van der Waals surface area contributed by atoms with Crippen LogP contribution in [-0.2, 0) is 19.0 Å². The van der Waals surface area contributed by atoms with E-state index in [1.165, 1.54) is 7.11 Å². The Kier molecular flexibility index (Phi) is 5.68. The van der Waals surface area contributed by atoms with Crippen molar-refractivity contribution in [1.29, 1.82) is 0 Å². The van der Waals surface area contributed by atoms with E-state index in [0.717, 1.165) is 12.0 Å². The van der Waals surface area contributed by atoms with Gasteiger partial charge in [0, 0.05) is 13.0 Å². The van der Waals surface area contributed by atoms with Crippen LogP contribution < -0.4 is 9.64 Å². The van der Waals surface area contributed by atoms with E-state index in [1.54, 1.807) is 30.9 Å². The molecular formula is C21H29NO6. The van der Waals surface area contributed by atoms with Gasteiger partial charge < -0.3 is 23.8 Å². The number of aryl methyl sites for hydroxylation is 1. The standard InChI is InChI=1S/C21H29NO6/c1-6-21(26-10-11-27-21)8-7-9-22-16-13-15(18(23)25-5)14(2)12-17(16)28-20(3,4)19(22)24/h12-13H,6-11H2,1-5H3. The third-order valence-electron chi connectivity index (χ3n) is 5.42. The van der Waals surface area contributed by atoms with Crippen molar-refractivity contribution in [3.05, 3.63) is 23.3 Å². The Balaban J connectivity index is 1.87. The van der Waals surface area contributed by atoms with E-state index in [0.29, 0.717) is 49.6 Å². The average Bonchev–Trinajstić information content (AvgIpc) is 3.13. The number of rotatable bonds is 6. The number of nitrogens with zero attached hydrogens (tertiary/aromatic N) is 1. The number of fused-ring (bicyclic) bond motifs is 1. The Morgan fingerprint density at radius 1 is 1.25 bits per heavy atom. The minimum absolute atomic E-state index is 0.140. The third kappa shape index (κ3) is 3.73. The van der Waals surface area contributed by atoms with Gasteiger partial charge in [0.05, 0.1) is 31.6 Å². The molecule has 0 N–H and O–H groups in total. The quantitative estimate of drug-likeness (QED) is 0.693. The minimum Gasteiger partial charge on any atom is -0.476 e. The summed E-state index contributed by atoms with van der Waals surface area (Å²) in [5.74, 6) is -0.542. The molecule has 0 bridgehead atoms. The van der Waals surface area contributed by atoms with Crippen LogP contribution in [-0.4, -0.2) is 50.1 Å². The molecule has 7 nitrogen and oxygen atoms in total. The lowest BCUT2D eigenvalue weighted by Gasteiger charge is -2.39. The van der Waals surface area contributed by atoms with Crippen LogP contribution in [0.2, 0.25) is 0 Å². The van der Waals surface area contributed by atoms with Gasteiger partial charge in [-0.1, -0.05) is 6.92 Å². The van der Waals surface area contributed by atoms with E-state index in [9.17, 15) is 9.59 Å². The molecular weight excluding hydrogens is 362 g/mol. The summed E-state index contributed by atoms with van der Waals surface area (Å²) < 4.78 is 22.4. The highest BCUT2D eigenvalue weighted by Crippen LogP contribution is 2.40. The molecule has 0 atom stereocenters. The van der Waals surface area contributed by atoms with Crippen molar-refractivity contribution in [3.63, 3.8) is 0 Å². The highest BCUT2D eigenvalue weighted by Gasteiger charge is 2.42. The van der Waals surface area contributed by atoms with Gasteiger partial charge in [-0.15, -0.1) is 0 Å². The number of hydrogen-bond acceptors (Lipinski definition) is 6. The first kappa shape index (κ1) is 20.6. The van der Waals surface area contributed by atoms with E-state index in [-0.39, 0.29) is 5.91 Å². The summed E-state index contributed by atoms with van der Waals surface area (Å²) in [6.07, 6.45) is 2.16. The molecule has 154 valence electrons. The molecule has 7 heteroatoms. The molecule has 0 radical (unpaired) electrons. The van der Waals surface area contributed by atoms with Crippen LogP contribution in [0.5, 0.6) is 5.75 Å². The minimum atomic E-state index is -0.977. The molecule has 2 aliphatic heterocycles. The van der Waals surface area contributed by atoms with Gasteiger partial charge in [-0.25, -0.2) is 4.79 Å². The second-order valence-electron chi connectivity index (χ2n) is 7.76. The number of carbonyl (C=O) groups excluding carboxylic acids is 2. The largest absolute Gasteiger partial charge is 0.476 e. The van der Waals surface area contributed by atoms with Crippen molar-refractivity contribution >= 4 is 17.6 Å². The predicted octanol–water partition coefficient (Wildman–Crippen LogP) is 3.22. The highest BCUT2D eigenvalue weighted by atomic mass is 16.7. The molecule has 1 aromatic rings. The fourth-order valence-corrected chi connectivity index (χ4v) is 3.80. The summed E-state index contributed by atoms with van der Waals surface area (Å²) in [6.45, 7) is 9.05. The molecule has 0 saturated carbocycles. The van der Waals surface area contributed by atoms with Crippen molar-refractivity contribution in [2.45, 2.75) is 58.3 Å². The van der Waals surface area contributed by atoms with Crippen molar-refractivity contribution < 1.29 is 28.5 Å². The molecule has 1 saturated heterocycles. The molecule has 0 spiro atoms. The Hall–Kier alpha value is -2.12. The summed E-state index contributed by atoms with van der Waals surface area (Å²) in [5.41, 5.74) is 0.784. The van der Waals surface area contributed by atoms with Gasteiger partial charge in [-0.05, 0) is 51.3 Å². The van der Waals surface area contributed by atoms with Gasteiger partial charge in [0.15, 0.2) is 11.4 Å². The van der Waals surface area contributed by atoms with E-state index in [1.807, 2.05) is 13.8 Å². The van der Waals surface area contributed by atoms with Gasteiger partial charge in [0.1, 0.15) is 5.75 Å². The van der Waals surface area contributed by atoms with Gasteiger partial charge in [-0.3, -0.25) is 4.79 Å². The van der Waals surface area contributed by atoms with Crippen LogP contribution in [0.25, 0.3) is 0 Å². The molecule has 28 heavy (non-hydrogen) atoms. The number of hydrogen-bond donors (Lipinski definition) is 0. The number of carbonyl (C=O) groups is 2. The van der Waals surface area contributed by atoms with Crippen LogP contribution in [0.3, 0.4) is 0 Å². The first-order valence-corrected chi connectivity index (χ1v) is 9.75. The van der Waals surface area contributed by atoms with E-state index < -0.39 is 17.4 Å². The van der Waals surface area contributed by atoms with Crippen LogP contribution in [0.15, 0.2) is 12.1 Å². The molecule has 1 amide bonds. The smallest absolute Gasteiger partial charge is 0.338 e. The second-order valence-corrected chi connectivity index (χ2v) is 7.76. The molecule has 2 aliphatic rings. The van der Waals surface area contributed by atoms with Gasteiger partial charge in [0.2, 0.25) is 0 Å². The zero-order valence-electron chi connectivity index (χ0n) is 17.3. The number of benzene rings is 1. The fourth-order valence-electron chi connectivity index (χ4n) is 3.80. The molecule has 0 unspecified atom stereocenters. The van der Waals surface area contributed by atoms with Crippen LogP contribution >= 0.6 is 0 Å². The summed E-state index contributed by atoms with van der Waals surface area (Å²) in [7, 11) is 1.34. The Morgan fingerprint density at radius 3 is 2.54 bits per heavy atom. The lowest BCUT2D eigenvalue weighted by atomic mass is 9.99. The Labute approximate surface area is 165 Å². The molecule has 1 fully saturated rings. The summed E-state index contributed by atoms with van der Waals surface area (Å²) in [6, 6.07) is 3.47. The first-order valence-electron chi connectivity index (χ1n) is 9.75. The average molecular weight is 391 g/mol. The number of ether oxygens (including phenoxy) is 4. The summed E-state index contributed by atoms with van der Waals surface area (Å²) in [4.78, 5) is 26.8. The molecule has 3 rings (SSSR count). The maximum Gasteiger partial charge on any atom is 0.338 e. The maximum atomic E-state index is 13.0. The number of esters is 1. The van der Waals surface area contributed by atoms with Gasteiger partial charge in [-0.2, -0.15) is 0 Å². The van der Waals surface area contributed by atoms with Gasteiger partial charge >= 0.3 is 5.97 Å². The molecule has 0 aromatic heterocycles. The van der Waals surface area contributed by atoms with Crippen LogP contribution in [0.4, 0.5) is 5.69 Å². The lowest BCUT2D eigenvalue weighted by Crippen LogP contribution is -2.53. The topological polar surface area (TPSA) is 74.3 Å². The van der Waals surface area contributed by atoms with Gasteiger partial charge in [0.25, 0.3) is 5.91 Å². The van der Waals surface area contributed by atoms with E-state index in [2.05, 4.69) is 0 Å².